The molecule has 2 aromatic heterocycles. The largest absolute Gasteiger partial charge is 0.475 e. The SMILES string of the molecule is CCc1nn(C)cc1CNC(C)c1ccc(C(=O)O)o1. The van der Waals surface area contributed by atoms with Crippen LogP contribution in [0.25, 0.3) is 0 Å². The van der Waals surface area contributed by atoms with Crippen molar-refractivity contribution in [3.63, 3.8) is 0 Å². The first-order valence-electron chi connectivity index (χ1n) is 6.59. The molecular formula is C14H19N3O3. The molecule has 0 aliphatic carbocycles. The third-order valence-electron chi connectivity index (χ3n) is 3.19. The molecule has 0 aliphatic heterocycles. The Labute approximate surface area is 117 Å². The third kappa shape index (κ3) is 3.08. The fourth-order valence-corrected chi connectivity index (χ4v) is 2.09. The lowest BCUT2D eigenvalue weighted by Gasteiger charge is -2.10. The van der Waals surface area contributed by atoms with Crippen molar-refractivity contribution in [1.82, 2.24) is 15.1 Å². The molecule has 0 saturated heterocycles. The van der Waals surface area contributed by atoms with Gasteiger partial charge in [0.05, 0.1) is 11.7 Å². The minimum Gasteiger partial charge on any atom is -0.475 e. The van der Waals surface area contributed by atoms with E-state index in [0.717, 1.165) is 17.7 Å². The zero-order valence-corrected chi connectivity index (χ0v) is 11.9. The Bertz CT molecular complexity index is 601. The van der Waals surface area contributed by atoms with Crippen molar-refractivity contribution in [2.45, 2.75) is 32.9 Å². The van der Waals surface area contributed by atoms with Gasteiger partial charge < -0.3 is 14.8 Å². The number of aromatic nitrogens is 2. The van der Waals surface area contributed by atoms with E-state index in [-0.39, 0.29) is 11.8 Å². The van der Waals surface area contributed by atoms with Crippen LogP contribution < -0.4 is 5.32 Å². The first kappa shape index (κ1) is 14.3. The summed E-state index contributed by atoms with van der Waals surface area (Å²) in [6.45, 7) is 4.68. The summed E-state index contributed by atoms with van der Waals surface area (Å²) in [5.41, 5.74) is 2.21. The number of nitrogens with zero attached hydrogens (tertiary/aromatic N) is 2. The molecule has 108 valence electrons. The number of rotatable bonds is 6. The van der Waals surface area contributed by atoms with Gasteiger partial charge in [-0.3, -0.25) is 4.68 Å². The van der Waals surface area contributed by atoms with E-state index < -0.39 is 5.97 Å². The van der Waals surface area contributed by atoms with Crippen molar-refractivity contribution in [3.8, 4) is 0 Å². The topological polar surface area (TPSA) is 80.3 Å². The highest BCUT2D eigenvalue weighted by Gasteiger charge is 2.14. The number of carboxylic acids is 1. The Morgan fingerprint density at radius 1 is 1.55 bits per heavy atom. The highest BCUT2D eigenvalue weighted by molar-refractivity contribution is 5.84. The van der Waals surface area contributed by atoms with Crippen molar-refractivity contribution in [2.24, 2.45) is 7.05 Å². The maximum absolute atomic E-state index is 10.8. The summed E-state index contributed by atoms with van der Waals surface area (Å²) < 4.78 is 7.08. The number of carboxylic acid groups (broad SMARTS) is 1. The molecule has 6 heteroatoms. The fraction of sp³-hybridized carbons (Fsp3) is 0.429. The zero-order chi connectivity index (χ0) is 14.7. The highest BCUT2D eigenvalue weighted by Crippen LogP contribution is 2.17. The zero-order valence-electron chi connectivity index (χ0n) is 11.9. The van der Waals surface area contributed by atoms with Crippen LogP contribution in [0.5, 0.6) is 0 Å². The minimum atomic E-state index is -1.05. The smallest absolute Gasteiger partial charge is 0.371 e. The number of hydrogen-bond acceptors (Lipinski definition) is 4. The van der Waals surface area contributed by atoms with Gasteiger partial charge in [-0.05, 0) is 25.5 Å². The average molecular weight is 277 g/mol. The number of carbonyl (C=O) groups is 1. The molecule has 20 heavy (non-hydrogen) atoms. The van der Waals surface area contributed by atoms with Crippen molar-refractivity contribution < 1.29 is 14.3 Å². The highest BCUT2D eigenvalue weighted by atomic mass is 16.4. The number of aromatic carboxylic acids is 1. The van der Waals surface area contributed by atoms with Crippen LogP contribution in [0.2, 0.25) is 0 Å². The molecule has 0 radical (unpaired) electrons. The van der Waals surface area contributed by atoms with Crippen LogP contribution in [0.15, 0.2) is 22.7 Å². The van der Waals surface area contributed by atoms with Gasteiger partial charge in [-0.1, -0.05) is 6.92 Å². The summed E-state index contributed by atoms with van der Waals surface area (Å²) in [6.07, 6.45) is 2.87. The molecule has 0 fully saturated rings. The van der Waals surface area contributed by atoms with Gasteiger partial charge in [-0.15, -0.1) is 0 Å². The van der Waals surface area contributed by atoms with E-state index in [9.17, 15) is 4.79 Å². The second kappa shape index (κ2) is 5.92. The number of aryl methyl sites for hydroxylation is 2. The number of hydrogen-bond donors (Lipinski definition) is 2. The molecule has 0 aromatic carbocycles. The molecule has 0 amide bonds. The lowest BCUT2D eigenvalue weighted by atomic mass is 10.2. The fourth-order valence-electron chi connectivity index (χ4n) is 2.09. The normalized spacial score (nSPS) is 12.6. The van der Waals surface area contributed by atoms with E-state index in [1.54, 1.807) is 10.7 Å². The Morgan fingerprint density at radius 3 is 2.90 bits per heavy atom. The Hall–Kier alpha value is -2.08. The van der Waals surface area contributed by atoms with E-state index in [1.165, 1.54) is 6.07 Å². The monoisotopic (exact) mass is 277 g/mol. The van der Waals surface area contributed by atoms with Gasteiger partial charge in [0.2, 0.25) is 5.76 Å². The molecule has 2 heterocycles. The Morgan fingerprint density at radius 2 is 2.30 bits per heavy atom. The Balaban J connectivity index is 2.00. The molecular weight excluding hydrogens is 258 g/mol. The van der Waals surface area contributed by atoms with Crippen LogP contribution in [0, 0.1) is 0 Å². The molecule has 1 atom stereocenters. The van der Waals surface area contributed by atoms with Crippen LogP contribution in [-0.4, -0.2) is 20.9 Å². The van der Waals surface area contributed by atoms with Crippen LogP contribution in [-0.2, 0) is 20.0 Å². The molecule has 2 rings (SSSR count). The van der Waals surface area contributed by atoms with E-state index in [4.69, 9.17) is 9.52 Å². The van der Waals surface area contributed by atoms with Gasteiger partial charge in [-0.25, -0.2) is 4.79 Å². The third-order valence-corrected chi connectivity index (χ3v) is 3.19. The molecule has 2 aromatic rings. The van der Waals surface area contributed by atoms with Gasteiger partial charge in [0, 0.05) is 25.4 Å². The maximum atomic E-state index is 10.8. The molecule has 0 aliphatic rings. The summed E-state index contributed by atoms with van der Waals surface area (Å²) in [7, 11) is 1.90. The predicted molar refractivity (Wildman–Crippen MR) is 73.5 cm³/mol. The van der Waals surface area contributed by atoms with E-state index in [2.05, 4.69) is 17.3 Å². The molecule has 1 unspecified atom stereocenters. The Kier molecular flexibility index (Phi) is 4.24. The molecule has 0 spiro atoms. The van der Waals surface area contributed by atoms with E-state index in [1.807, 2.05) is 20.2 Å². The summed E-state index contributed by atoms with van der Waals surface area (Å²) in [6, 6.07) is 3.09. The quantitative estimate of drug-likeness (QED) is 0.845. The van der Waals surface area contributed by atoms with E-state index in [0.29, 0.717) is 12.3 Å². The van der Waals surface area contributed by atoms with Gasteiger partial charge in [0.15, 0.2) is 0 Å². The van der Waals surface area contributed by atoms with Gasteiger partial charge in [0.1, 0.15) is 5.76 Å². The average Bonchev–Trinajstić information content (AvgIpc) is 3.02. The second-order valence-corrected chi connectivity index (χ2v) is 4.74. The molecule has 0 saturated carbocycles. The molecule has 2 N–H and O–H groups in total. The minimum absolute atomic E-state index is 0.0377. The lowest BCUT2D eigenvalue weighted by molar-refractivity contribution is 0.0659. The lowest BCUT2D eigenvalue weighted by Crippen LogP contribution is -2.18. The van der Waals surface area contributed by atoms with Crippen molar-refractivity contribution in [1.29, 1.82) is 0 Å². The van der Waals surface area contributed by atoms with Crippen LogP contribution in [0.3, 0.4) is 0 Å². The summed E-state index contributed by atoms with van der Waals surface area (Å²) in [4.78, 5) is 10.8. The van der Waals surface area contributed by atoms with E-state index >= 15 is 0 Å². The van der Waals surface area contributed by atoms with Gasteiger partial charge in [-0.2, -0.15) is 5.10 Å². The second-order valence-electron chi connectivity index (χ2n) is 4.74. The number of nitrogens with one attached hydrogen (secondary N) is 1. The van der Waals surface area contributed by atoms with Gasteiger partial charge in [0.25, 0.3) is 0 Å². The molecule has 0 bridgehead atoms. The standard InChI is InChI=1S/C14H19N3O3/c1-4-11-10(8-17(3)16-11)7-15-9(2)12-5-6-13(20-12)14(18)19/h5-6,8-9,15H,4,7H2,1-3H3,(H,18,19). The van der Waals surface area contributed by atoms with Crippen molar-refractivity contribution >= 4 is 5.97 Å². The molecule has 6 nitrogen and oxygen atoms in total. The first-order chi connectivity index (χ1) is 9.51. The first-order valence-corrected chi connectivity index (χ1v) is 6.59. The number of furan rings is 1. The van der Waals surface area contributed by atoms with Crippen LogP contribution in [0.4, 0.5) is 0 Å². The van der Waals surface area contributed by atoms with Gasteiger partial charge >= 0.3 is 5.97 Å². The predicted octanol–water partition coefficient (Wildman–Crippen LogP) is 2.12. The summed E-state index contributed by atoms with van der Waals surface area (Å²) in [5, 5.41) is 16.5. The van der Waals surface area contributed by atoms with Crippen LogP contribution >= 0.6 is 0 Å². The summed E-state index contributed by atoms with van der Waals surface area (Å²) in [5.74, 6) is -0.474. The summed E-state index contributed by atoms with van der Waals surface area (Å²) >= 11 is 0. The van der Waals surface area contributed by atoms with Crippen LogP contribution in [0.1, 0.15) is 47.5 Å². The maximum Gasteiger partial charge on any atom is 0.371 e. The van der Waals surface area contributed by atoms with Crippen molar-refractivity contribution in [3.05, 3.63) is 41.1 Å². The van der Waals surface area contributed by atoms with Crippen molar-refractivity contribution in [2.75, 3.05) is 0 Å².